The van der Waals surface area contributed by atoms with Gasteiger partial charge >= 0.3 is 0 Å². The molecule has 2 aromatic rings. The van der Waals surface area contributed by atoms with Gasteiger partial charge in [-0.25, -0.2) is 9.07 Å². The molecule has 0 bridgehead atoms. The molecule has 90 valence electrons. The molecule has 1 heterocycles. The topological polar surface area (TPSA) is 56.7 Å². The zero-order valence-corrected chi connectivity index (χ0v) is 10.9. The van der Waals surface area contributed by atoms with Crippen LogP contribution in [0.5, 0.6) is 0 Å². The molecule has 0 spiro atoms. The van der Waals surface area contributed by atoms with E-state index >= 15 is 0 Å². The van der Waals surface area contributed by atoms with Crippen LogP contribution in [0, 0.1) is 5.82 Å². The second-order valence-corrected chi connectivity index (χ2v) is 4.82. The Labute approximate surface area is 107 Å². The minimum atomic E-state index is -0.276. The van der Waals surface area contributed by atoms with Crippen molar-refractivity contribution < 1.29 is 4.39 Å². The second kappa shape index (κ2) is 4.93. The standard InChI is InChI=1S/C11H12BrFN4/c1-7(14)11-6-17(16-15-11)5-8-2-9(12)4-10(13)3-8/h2-4,6-7H,5,14H2,1H3. The van der Waals surface area contributed by atoms with E-state index in [2.05, 4.69) is 26.2 Å². The van der Waals surface area contributed by atoms with E-state index in [4.69, 9.17) is 5.73 Å². The Morgan fingerprint density at radius 2 is 2.24 bits per heavy atom. The maximum absolute atomic E-state index is 13.2. The van der Waals surface area contributed by atoms with E-state index < -0.39 is 0 Å². The highest BCUT2D eigenvalue weighted by Crippen LogP contribution is 2.16. The number of halogens is 2. The van der Waals surface area contributed by atoms with Crippen LogP contribution in [0.15, 0.2) is 28.9 Å². The molecule has 0 aliphatic rings. The Balaban J connectivity index is 2.19. The zero-order chi connectivity index (χ0) is 12.4. The number of benzene rings is 1. The molecule has 1 atom stereocenters. The van der Waals surface area contributed by atoms with E-state index in [1.54, 1.807) is 10.9 Å². The minimum absolute atomic E-state index is 0.150. The Morgan fingerprint density at radius 1 is 1.47 bits per heavy atom. The number of hydrogen-bond acceptors (Lipinski definition) is 3. The molecule has 0 saturated carbocycles. The van der Waals surface area contributed by atoms with Crippen LogP contribution >= 0.6 is 15.9 Å². The molecular weight excluding hydrogens is 287 g/mol. The smallest absolute Gasteiger partial charge is 0.124 e. The fourth-order valence-electron chi connectivity index (χ4n) is 1.49. The molecule has 0 aliphatic carbocycles. The van der Waals surface area contributed by atoms with Gasteiger partial charge in [0.1, 0.15) is 5.82 Å². The molecule has 0 fully saturated rings. The number of nitrogens with two attached hydrogens (primary N) is 1. The van der Waals surface area contributed by atoms with Crippen molar-refractivity contribution in [3.63, 3.8) is 0 Å². The van der Waals surface area contributed by atoms with Crippen molar-refractivity contribution in [1.82, 2.24) is 15.0 Å². The molecule has 2 rings (SSSR count). The van der Waals surface area contributed by atoms with Gasteiger partial charge in [0.25, 0.3) is 0 Å². The quantitative estimate of drug-likeness (QED) is 0.945. The lowest BCUT2D eigenvalue weighted by atomic mass is 10.2. The zero-order valence-electron chi connectivity index (χ0n) is 9.27. The first kappa shape index (κ1) is 12.2. The molecule has 17 heavy (non-hydrogen) atoms. The molecular formula is C11H12BrFN4. The van der Waals surface area contributed by atoms with Crippen LogP contribution in [0.25, 0.3) is 0 Å². The number of aromatic nitrogens is 3. The van der Waals surface area contributed by atoms with Crippen LogP contribution in [-0.2, 0) is 6.54 Å². The number of rotatable bonds is 3. The minimum Gasteiger partial charge on any atom is -0.323 e. The van der Waals surface area contributed by atoms with Crippen molar-refractivity contribution in [2.45, 2.75) is 19.5 Å². The summed E-state index contributed by atoms with van der Waals surface area (Å²) >= 11 is 3.25. The van der Waals surface area contributed by atoms with Crippen molar-refractivity contribution >= 4 is 15.9 Å². The first-order valence-corrected chi connectivity index (χ1v) is 5.94. The fraction of sp³-hybridized carbons (Fsp3) is 0.273. The van der Waals surface area contributed by atoms with Gasteiger partial charge in [0.2, 0.25) is 0 Å². The number of nitrogens with zero attached hydrogens (tertiary/aromatic N) is 3. The van der Waals surface area contributed by atoms with Crippen molar-refractivity contribution in [2.24, 2.45) is 5.73 Å². The lowest BCUT2D eigenvalue weighted by Crippen LogP contribution is -2.05. The summed E-state index contributed by atoms with van der Waals surface area (Å²) in [6, 6.07) is 4.58. The van der Waals surface area contributed by atoms with Crippen LogP contribution in [0.4, 0.5) is 4.39 Å². The molecule has 1 aromatic heterocycles. The third-order valence-electron chi connectivity index (χ3n) is 2.29. The van der Waals surface area contributed by atoms with Crippen molar-refractivity contribution in [3.8, 4) is 0 Å². The Morgan fingerprint density at radius 3 is 2.82 bits per heavy atom. The van der Waals surface area contributed by atoms with Gasteiger partial charge in [-0.15, -0.1) is 5.10 Å². The molecule has 2 N–H and O–H groups in total. The second-order valence-electron chi connectivity index (χ2n) is 3.91. The molecule has 0 radical (unpaired) electrons. The van der Waals surface area contributed by atoms with Crippen molar-refractivity contribution in [3.05, 3.63) is 45.9 Å². The van der Waals surface area contributed by atoms with Crippen LogP contribution in [0.1, 0.15) is 24.2 Å². The van der Waals surface area contributed by atoms with Gasteiger partial charge in [0.15, 0.2) is 0 Å². The summed E-state index contributed by atoms with van der Waals surface area (Å²) < 4.78 is 15.5. The SMILES string of the molecule is CC(N)c1cn(Cc2cc(F)cc(Br)c2)nn1. The summed E-state index contributed by atoms with van der Waals surface area (Å²) in [5, 5.41) is 7.88. The average Bonchev–Trinajstić information content (AvgIpc) is 2.64. The van der Waals surface area contributed by atoms with E-state index in [-0.39, 0.29) is 11.9 Å². The predicted molar refractivity (Wildman–Crippen MR) is 65.8 cm³/mol. The summed E-state index contributed by atoms with van der Waals surface area (Å²) in [6.07, 6.45) is 1.77. The average molecular weight is 299 g/mol. The summed E-state index contributed by atoms with van der Waals surface area (Å²) in [7, 11) is 0. The van der Waals surface area contributed by atoms with Gasteiger partial charge in [-0.3, -0.25) is 0 Å². The first-order chi connectivity index (χ1) is 8.04. The van der Waals surface area contributed by atoms with E-state index in [9.17, 15) is 4.39 Å². The van der Waals surface area contributed by atoms with Crippen LogP contribution in [0.3, 0.4) is 0 Å². The van der Waals surface area contributed by atoms with Gasteiger partial charge in [-0.1, -0.05) is 21.1 Å². The van der Waals surface area contributed by atoms with Crippen LogP contribution in [0.2, 0.25) is 0 Å². The highest BCUT2D eigenvalue weighted by Gasteiger charge is 2.06. The highest BCUT2D eigenvalue weighted by molar-refractivity contribution is 9.10. The summed E-state index contributed by atoms with van der Waals surface area (Å²) in [5.74, 6) is -0.276. The molecule has 4 nitrogen and oxygen atoms in total. The fourth-order valence-corrected chi connectivity index (χ4v) is 2.00. The summed E-state index contributed by atoms with van der Waals surface area (Å²) in [5.41, 5.74) is 7.23. The number of hydrogen-bond donors (Lipinski definition) is 1. The van der Waals surface area contributed by atoms with Gasteiger partial charge in [0, 0.05) is 10.5 Å². The Hall–Kier alpha value is -1.27. The van der Waals surface area contributed by atoms with Crippen molar-refractivity contribution in [2.75, 3.05) is 0 Å². The third kappa shape index (κ3) is 3.10. The van der Waals surface area contributed by atoms with Gasteiger partial charge in [-0.05, 0) is 30.7 Å². The van der Waals surface area contributed by atoms with Crippen molar-refractivity contribution in [1.29, 1.82) is 0 Å². The lowest BCUT2D eigenvalue weighted by Gasteiger charge is -2.02. The molecule has 0 aliphatic heterocycles. The van der Waals surface area contributed by atoms with Gasteiger partial charge < -0.3 is 5.73 Å². The molecule has 6 heteroatoms. The predicted octanol–water partition coefficient (Wildman–Crippen LogP) is 2.25. The normalized spacial score (nSPS) is 12.7. The molecule has 0 amide bonds. The Kier molecular flexibility index (Phi) is 3.54. The van der Waals surface area contributed by atoms with E-state index in [0.717, 1.165) is 11.3 Å². The largest absolute Gasteiger partial charge is 0.323 e. The van der Waals surface area contributed by atoms with Gasteiger partial charge in [0.05, 0.1) is 18.4 Å². The molecule has 1 unspecified atom stereocenters. The first-order valence-electron chi connectivity index (χ1n) is 5.15. The van der Waals surface area contributed by atoms with Crippen LogP contribution < -0.4 is 5.73 Å². The van der Waals surface area contributed by atoms with E-state index in [0.29, 0.717) is 11.0 Å². The summed E-state index contributed by atoms with van der Waals surface area (Å²) in [6.45, 7) is 2.31. The van der Waals surface area contributed by atoms with E-state index in [1.165, 1.54) is 12.1 Å². The van der Waals surface area contributed by atoms with Gasteiger partial charge in [-0.2, -0.15) is 0 Å². The molecule has 1 aromatic carbocycles. The maximum atomic E-state index is 13.2. The van der Waals surface area contributed by atoms with E-state index in [1.807, 2.05) is 13.0 Å². The lowest BCUT2D eigenvalue weighted by molar-refractivity contribution is 0.613. The highest BCUT2D eigenvalue weighted by atomic mass is 79.9. The maximum Gasteiger partial charge on any atom is 0.124 e. The third-order valence-corrected chi connectivity index (χ3v) is 2.75. The van der Waals surface area contributed by atoms with Crippen LogP contribution in [-0.4, -0.2) is 15.0 Å². The summed E-state index contributed by atoms with van der Waals surface area (Å²) in [4.78, 5) is 0. The molecule has 0 saturated heterocycles. The monoisotopic (exact) mass is 298 g/mol. The Bertz CT molecular complexity index is 504.